The summed E-state index contributed by atoms with van der Waals surface area (Å²) in [5.41, 5.74) is 4.76. The Kier molecular flexibility index (Phi) is 3.26. The van der Waals surface area contributed by atoms with Gasteiger partial charge in [0.25, 0.3) is 0 Å². The molecule has 0 aromatic rings. The van der Waals surface area contributed by atoms with Crippen molar-refractivity contribution in [2.75, 3.05) is 0 Å². The fourth-order valence-electron chi connectivity index (χ4n) is 1.24. The minimum Gasteiger partial charge on any atom is -0.511 e. The minimum absolute atomic E-state index is 0.115. The molecule has 0 fully saturated rings. The summed E-state index contributed by atoms with van der Waals surface area (Å²) < 4.78 is 0. The molecule has 86 valence electrons. The van der Waals surface area contributed by atoms with Gasteiger partial charge in [-0.25, -0.2) is 9.59 Å². The molecule has 1 aliphatic rings. The van der Waals surface area contributed by atoms with Gasteiger partial charge in [0.15, 0.2) is 0 Å². The highest BCUT2D eigenvalue weighted by Gasteiger charge is 2.33. The summed E-state index contributed by atoms with van der Waals surface area (Å²) in [6.07, 6.45) is -0.247. The zero-order chi connectivity index (χ0) is 12.3. The number of rotatable bonds is 3. The van der Waals surface area contributed by atoms with Crippen LogP contribution in [0.3, 0.4) is 0 Å². The van der Waals surface area contributed by atoms with E-state index in [0.717, 1.165) is 0 Å². The SMILES string of the molecule is C=NOC(=O)C1=C(O)CC(C(=O)ON)=C1N. The van der Waals surface area contributed by atoms with Crippen LogP contribution in [0.2, 0.25) is 0 Å². The zero-order valence-corrected chi connectivity index (χ0v) is 8.10. The Morgan fingerprint density at radius 2 is 2.06 bits per heavy atom. The van der Waals surface area contributed by atoms with E-state index >= 15 is 0 Å². The minimum atomic E-state index is -1.01. The number of nitrogens with zero attached hydrogens (tertiary/aromatic N) is 1. The Balaban J connectivity index is 3.05. The van der Waals surface area contributed by atoms with Crippen molar-refractivity contribution in [3.8, 4) is 0 Å². The lowest BCUT2D eigenvalue weighted by Gasteiger charge is -2.01. The maximum absolute atomic E-state index is 11.3. The predicted octanol–water partition coefficient (Wildman–Crippen LogP) is -1.01. The number of nitrogens with two attached hydrogens (primary N) is 2. The summed E-state index contributed by atoms with van der Waals surface area (Å²) in [6.45, 7) is 2.93. The van der Waals surface area contributed by atoms with Crippen LogP contribution < -0.4 is 11.6 Å². The van der Waals surface area contributed by atoms with E-state index in [-0.39, 0.29) is 23.3 Å². The summed E-state index contributed by atoms with van der Waals surface area (Å²) in [5.74, 6) is 2.30. The summed E-state index contributed by atoms with van der Waals surface area (Å²) in [5, 5.41) is 12.3. The molecule has 1 rings (SSSR count). The average Bonchev–Trinajstić information content (AvgIpc) is 2.53. The topological polar surface area (TPSA) is 137 Å². The largest absolute Gasteiger partial charge is 0.511 e. The number of aliphatic hydroxyl groups is 1. The van der Waals surface area contributed by atoms with Crippen LogP contribution in [-0.4, -0.2) is 23.8 Å². The van der Waals surface area contributed by atoms with E-state index in [9.17, 15) is 14.7 Å². The number of oxime groups is 1. The first-order chi connectivity index (χ1) is 7.52. The number of carbonyl (C=O) groups is 2. The molecule has 0 amide bonds. The van der Waals surface area contributed by atoms with Gasteiger partial charge in [0.05, 0.1) is 11.3 Å². The molecule has 1 aliphatic carbocycles. The molecule has 0 atom stereocenters. The predicted molar refractivity (Wildman–Crippen MR) is 51.4 cm³/mol. The first-order valence-electron chi connectivity index (χ1n) is 4.02. The number of hydrogen-bond donors (Lipinski definition) is 3. The fourth-order valence-corrected chi connectivity index (χ4v) is 1.24. The monoisotopic (exact) mass is 227 g/mol. The van der Waals surface area contributed by atoms with Crippen molar-refractivity contribution in [1.82, 2.24) is 0 Å². The molecule has 8 nitrogen and oxygen atoms in total. The molecule has 0 saturated heterocycles. The Morgan fingerprint density at radius 1 is 1.44 bits per heavy atom. The lowest BCUT2D eigenvalue weighted by molar-refractivity contribution is -0.139. The van der Waals surface area contributed by atoms with Crippen LogP contribution in [0.25, 0.3) is 0 Å². The first-order valence-corrected chi connectivity index (χ1v) is 4.02. The van der Waals surface area contributed by atoms with Crippen LogP contribution in [0.4, 0.5) is 0 Å². The van der Waals surface area contributed by atoms with Crippen LogP contribution in [0.5, 0.6) is 0 Å². The molecule has 0 aromatic heterocycles. The van der Waals surface area contributed by atoms with Crippen LogP contribution in [0.1, 0.15) is 6.42 Å². The normalized spacial score (nSPS) is 15.1. The third kappa shape index (κ3) is 1.86. The molecule has 0 heterocycles. The molecule has 0 saturated carbocycles. The molecule has 0 unspecified atom stereocenters. The Morgan fingerprint density at radius 3 is 2.56 bits per heavy atom. The van der Waals surface area contributed by atoms with Gasteiger partial charge in [-0.2, -0.15) is 5.90 Å². The smallest absolute Gasteiger partial charge is 0.371 e. The van der Waals surface area contributed by atoms with E-state index in [1.807, 2.05) is 0 Å². The molecule has 8 heteroatoms. The van der Waals surface area contributed by atoms with E-state index < -0.39 is 17.7 Å². The van der Waals surface area contributed by atoms with Crippen molar-refractivity contribution in [3.05, 3.63) is 22.6 Å². The molecule has 0 spiro atoms. The quantitative estimate of drug-likeness (QED) is 0.319. The summed E-state index contributed by atoms with van der Waals surface area (Å²) in [7, 11) is 0. The Hall–Kier alpha value is -2.35. The Bertz CT molecular complexity index is 423. The van der Waals surface area contributed by atoms with Gasteiger partial charge >= 0.3 is 11.9 Å². The number of carbonyl (C=O) groups excluding carboxylic acids is 2. The third-order valence-corrected chi connectivity index (χ3v) is 1.93. The molecule has 5 N–H and O–H groups in total. The van der Waals surface area contributed by atoms with Gasteiger partial charge in [0.1, 0.15) is 11.3 Å². The van der Waals surface area contributed by atoms with Crippen molar-refractivity contribution >= 4 is 18.7 Å². The Labute approximate surface area is 89.7 Å². The van der Waals surface area contributed by atoms with Crippen molar-refractivity contribution < 1.29 is 24.4 Å². The van der Waals surface area contributed by atoms with Gasteiger partial charge in [0.2, 0.25) is 0 Å². The maximum atomic E-state index is 11.3. The molecule has 0 aliphatic heterocycles. The van der Waals surface area contributed by atoms with Crippen LogP contribution in [-0.2, 0) is 19.3 Å². The lowest BCUT2D eigenvalue weighted by Crippen LogP contribution is -2.17. The average molecular weight is 227 g/mol. The highest BCUT2D eigenvalue weighted by Crippen LogP contribution is 2.29. The molecule has 16 heavy (non-hydrogen) atoms. The van der Waals surface area contributed by atoms with Crippen LogP contribution in [0.15, 0.2) is 27.8 Å². The first kappa shape index (κ1) is 11.7. The van der Waals surface area contributed by atoms with Crippen molar-refractivity contribution in [3.63, 3.8) is 0 Å². The van der Waals surface area contributed by atoms with E-state index in [4.69, 9.17) is 5.73 Å². The van der Waals surface area contributed by atoms with Crippen LogP contribution in [0, 0.1) is 0 Å². The van der Waals surface area contributed by atoms with E-state index in [2.05, 4.69) is 27.4 Å². The zero-order valence-electron chi connectivity index (χ0n) is 8.10. The van der Waals surface area contributed by atoms with E-state index in [1.165, 1.54) is 0 Å². The van der Waals surface area contributed by atoms with Crippen molar-refractivity contribution in [2.24, 2.45) is 16.8 Å². The van der Waals surface area contributed by atoms with E-state index in [1.54, 1.807) is 0 Å². The molecular formula is C8H9N3O5. The van der Waals surface area contributed by atoms with Gasteiger partial charge in [-0.05, 0) is 0 Å². The molecule has 0 bridgehead atoms. The van der Waals surface area contributed by atoms with Crippen LogP contribution >= 0.6 is 0 Å². The van der Waals surface area contributed by atoms with Crippen molar-refractivity contribution in [1.29, 1.82) is 0 Å². The van der Waals surface area contributed by atoms with Gasteiger partial charge in [-0.15, -0.1) is 0 Å². The van der Waals surface area contributed by atoms with Gasteiger partial charge in [0, 0.05) is 13.1 Å². The van der Waals surface area contributed by atoms with E-state index in [0.29, 0.717) is 0 Å². The van der Waals surface area contributed by atoms with Gasteiger partial charge < -0.3 is 20.5 Å². The second-order valence-corrected chi connectivity index (χ2v) is 2.80. The maximum Gasteiger partial charge on any atom is 0.371 e. The highest BCUT2D eigenvalue weighted by molar-refractivity contribution is 6.01. The van der Waals surface area contributed by atoms with Crippen molar-refractivity contribution in [2.45, 2.75) is 6.42 Å². The molecule has 0 radical (unpaired) electrons. The van der Waals surface area contributed by atoms with Gasteiger partial charge in [-0.3, -0.25) is 0 Å². The summed E-state index contributed by atoms with van der Waals surface area (Å²) >= 11 is 0. The molecule has 0 aromatic carbocycles. The number of hydrogen-bond acceptors (Lipinski definition) is 8. The van der Waals surface area contributed by atoms with Gasteiger partial charge in [-0.1, -0.05) is 5.16 Å². The summed E-state index contributed by atoms with van der Waals surface area (Å²) in [4.78, 5) is 30.5. The fraction of sp³-hybridized carbons (Fsp3) is 0.125. The standard InChI is InChI=1S/C8H9N3O5/c1-11-16-8(14)5-4(12)2-3(6(5)9)7(13)15-10/h12H,1-2,9-10H2. The number of aliphatic hydroxyl groups excluding tert-OH is 1. The second-order valence-electron chi connectivity index (χ2n) is 2.80. The number of allylic oxidation sites excluding steroid dienone is 1. The third-order valence-electron chi connectivity index (χ3n) is 1.93. The molecular weight excluding hydrogens is 218 g/mol. The summed E-state index contributed by atoms with van der Waals surface area (Å²) in [6, 6.07) is 0. The highest BCUT2D eigenvalue weighted by atomic mass is 16.7. The lowest BCUT2D eigenvalue weighted by atomic mass is 10.2. The second kappa shape index (κ2) is 4.45.